The smallest absolute Gasteiger partial charge is 0.545 e. The van der Waals surface area contributed by atoms with Crippen LogP contribution in [-0.2, 0) is 0 Å². The summed E-state index contributed by atoms with van der Waals surface area (Å²) < 4.78 is 5.23. The quantitative estimate of drug-likeness (QED) is 0.556. The number of carboxylic acid groups (broad SMARTS) is 1. The van der Waals surface area contributed by atoms with Gasteiger partial charge in [0.15, 0.2) is 5.76 Å². The van der Waals surface area contributed by atoms with Crippen LogP contribution in [0.25, 0.3) is 22.4 Å². The Balaban J connectivity index is 0.00000133. The predicted molar refractivity (Wildman–Crippen MR) is 63.8 cm³/mol. The Labute approximate surface area is 151 Å². The van der Waals surface area contributed by atoms with E-state index in [-0.39, 0.29) is 56.9 Å². The van der Waals surface area contributed by atoms with Crippen LogP contribution in [0, 0.1) is 0 Å². The van der Waals surface area contributed by atoms with Gasteiger partial charge in [0.1, 0.15) is 5.69 Å². The van der Waals surface area contributed by atoms with Crippen molar-refractivity contribution in [2.24, 2.45) is 0 Å². The standard InChI is InChI=1S/C14H9NO3.K/c16-14(17)10-8-12(13-6-3-7-18-13)15-11-5-2-1-4-9(10)11;/h1-8H,(H,16,17);/q;+1/p-1. The van der Waals surface area contributed by atoms with Gasteiger partial charge in [-0.3, -0.25) is 0 Å². The van der Waals surface area contributed by atoms with E-state index in [1.165, 1.54) is 12.3 Å². The van der Waals surface area contributed by atoms with E-state index in [1.807, 2.05) is 0 Å². The first kappa shape index (κ1) is 14.4. The first-order chi connectivity index (χ1) is 8.75. The number of carbonyl (C=O) groups excluding carboxylic acids is 1. The Morgan fingerprint density at radius 2 is 1.95 bits per heavy atom. The molecule has 1 aromatic carbocycles. The molecule has 19 heavy (non-hydrogen) atoms. The van der Waals surface area contributed by atoms with Crippen molar-refractivity contribution in [3.05, 3.63) is 54.3 Å². The van der Waals surface area contributed by atoms with Crippen LogP contribution in [0.2, 0.25) is 0 Å². The normalized spacial score (nSPS) is 10.1. The van der Waals surface area contributed by atoms with Gasteiger partial charge in [-0.05, 0) is 24.3 Å². The van der Waals surface area contributed by atoms with Gasteiger partial charge in [-0.1, -0.05) is 18.2 Å². The van der Waals surface area contributed by atoms with Crippen LogP contribution in [0.4, 0.5) is 0 Å². The van der Waals surface area contributed by atoms with Crippen molar-refractivity contribution in [2.45, 2.75) is 0 Å². The molecule has 3 rings (SSSR count). The number of furan rings is 1. The SMILES string of the molecule is O=C([O-])c1cc(-c2ccco2)nc2ccccc12.[K+]. The van der Waals surface area contributed by atoms with E-state index in [2.05, 4.69) is 4.98 Å². The Hall–Kier alpha value is -0.984. The summed E-state index contributed by atoms with van der Waals surface area (Å²) in [5.74, 6) is -0.690. The number of hydrogen-bond donors (Lipinski definition) is 0. The number of hydrogen-bond acceptors (Lipinski definition) is 4. The van der Waals surface area contributed by atoms with Crippen molar-refractivity contribution in [1.82, 2.24) is 4.98 Å². The van der Waals surface area contributed by atoms with Crippen LogP contribution in [0.1, 0.15) is 10.4 Å². The molecule has 0 atom stereocenters. The van der Waals surface area contributed by atoms with E-state index < -0.39 is 5.97 Å². The predicted octanol–water partition coefficient (Wildman–Crippen LogP) is -1.14. The molecule has 0 aliphatic carbocycles. The van der Waals surface area contributed by atoms with Gasteiger partial charge in [-0.15, -0.1) is 0 Å². The average Bonchev–Trinajstić information content (AvgIpc) is 2.91. The average molecular weight is 277 g/mol. The van der Waals surface area contributed by atoms with Gasteiger partial charge in [0.05, 0.1) is 17.7 Å². The molecule has 88 valence electrons. The number of fused-ring (bicyclic) bond motifs is 1. The summed E-state index contributed by atoms with van der Waals surface area (Å²) >= 11 is 0. The molecule has 5 heteroatoms. The zero-order chi connectivity index (χ0) is 12.5. The zero-order valence-corrected chi connectivity index (χ0v) is 13.4. The molecule has 0 amide bonds. The van der Waals surface area contributed by atoms with E-state index in [0.717, 1.165) is 0 Å². The van der Waals surface area contributed by atoms with Gasteiger partial charge < -0.3 is 14.3 Å². The maximum Gasteiger partial charge on any atom is 1.00 e. The monoisotopic (exact) mass is 277 g/mol. The molecule has 0 bridgehead atoms. The van der Waals surface area contributed by atoms with Crippen LogP contribution in [0.15, 0.2) is 53.1 Å². The first-order valence-corrected chi connectivity index (χ1v) is 5.41. The number of pyridine rings is 1. The topological polar surface area (TPSA) is 66.2 Å². The van der Waals surface area contributed by atoms with Crippen LogP contribution < -0.4 is 56.5 Å². The number of rotatable bonds is 2. The van der Waals surface area contributed by atoms with E-state index in [9.17, 15) is 9.90 Å². The number of para-hydroxylation sites is 1. The van der Waals surface area contributed by atoms with Gasteiger partial charge in [0.2, 0.25) is 0 Å². The maximum atomic E-state index is 11.2. The summed E-state index contributed by atoms with van der Waals surface area (Å²) in [5, 5.41) is 11.7. The summed E-state index contributed by atoms with van der Waals surface area (Å²) in [6.45, 7) is 0. The van der Waals surface area contributed by atoms with E-state index >= 15 is 0 Å². The van der Waals surface area contributed by atoms with E-state index in [4.69, 9.17) is 4.42 Å². The van der Waals surface area contributed by atoms with Crippen LogP contribution in [0.5, 0.6) is 0 Å². The Morgan fingerprint density at radius 3 is 2.63 bits per heavy atom. The van der Waals surface area contributed by atoms with Gasteiger partial charge in [0, 0.05) is 10.9 Å². The fraction of sp³-hybridized carbons (Fsp3) is 0. The number of aromatic carboxylic acids is 1. The molecular formula is C14H8KNO3. The van der Waals surface area contributed by atoms with Gasteiger partial charge in [-0.25, -0.2) is 4.98 Å². The van der Waals surface area contributed by atoms with Crippen molar-refractivity contribution >= 4 is 16.9 Å². The van der Waals surface area contributed by atoms with Crippen LogP contribution in [0.3, 0.4) is 0 Å². The third-order valence-corrected chi connectivity index (χ3v) is 2.71. The fourth-order valence-electron chi connectivity index (χ4n) is 1.89. The van der Waals surface area contributed by atoms with Crippen molar-refractivity contribution in [1.29, 1.82) is 0 Å². The van der Waals surface area contributed by atoms with Crippen LogP contribution >= 0.6 is 0 Å². The number of aromatic nitrogens is 1. The number of carbonyl (C=O) groups is 1. The summed E-state index contributed by atoms with van der Waals surface area (Å²) in [4.78, 5) is 15.5. The second kappa shape index (κ2) is 5.98. The zero-order valence-electron chi connectivity index (χ0n) is 10.3. The molecule has 3 aromatic rings. The first-order valence-electron chi connectivity index (χ1n) is 5.41. The summed E-state index contributed by atoms with van der Waals surface area (Å²) in [6, 6.07) is 12.0. The number of carboxylic acids is 1. The van der Waals surface area contributed by atoms with Crippen molar-refractivity contribution in [3.8, 4) is 11.5 Å². The fourth-order valence-corrected chi connectivity index (χ4v) is 1.89. The molecule has 0 spiro atoms. The van der Waals surface area contributed by atoms with Crippen molar-refractivity contribution in [2.75, 3.05) is 0 Å². The van der Waals surface area contributed by atoms with Gasteiger partial charge >= 0.3 is 51.4 Å². The molecule has 4 nitrogen and oxygen atoms in total. The van der Waals surface area contributed by atoms with E-state index in [1.54, 1.807) is 36.4 Å². The molecule has 0 fully saturated rings. The van der Waals surface area contributed by atoms with Crippen LogP contribution in [-0.4, -0.2) is 11.0 Å². The molecule has 0 saturated carbocycles. The third-order valence-electron chi connectivity index (χ3n) is 2.71. The molecule has 0 aliphatic rings. The minimum atomic E-state index is -1.22. The second-order valence-electron chi connectivity index (χ2n) is 3.84. The Morgan fingerprint density at radius 1 is 1.16 bits per heavy atom. The van der Waals surface area contributed by atoms with E-state index in [0.29, 0.717) is 22.4 Å². The molecule has 0 saturated heterocycles. The molecule has 0 aliphatic heterocycles. The molecule has 0 radical (unpaired) electrons. The molecular weight excluding hydrogens is 269 g/mol. The Bertz CT molecular complexity index is 723. The Kier molecular flexibility index (Phi) is 4.54. The molecule has 2 heterocycles. The maximum absolute atomic E-state index is 11.2. The van der Waals surface area contributed by atoms with Gasteiger partial charge in [-0.2, -0.15) is 0 Å². The molecule has 2 aromatic heterocycles. The second-order valence-corrected chi connectivity index (χ2v) is 3.84. The van der Waals surface area contributed by atoms with Gasteiger partial charge in [0.25, 0.3) is 0 Å². The third kappa shape index (κ3) is 2.80. The largest absolute Gasteiger partial charge is 1.00 e. The van der Waals surface area contributed by atoms with Crippen molar-refractivity contribution < 1.29 is 65.7 Å². The molecule has 0 N–H and O–H groups in total. The van der Waals surface area contributed by atoms with Crippen molar-refractivity contribution in [3.63, 3.8) is 0 Å². The number of benzene rings is 1. The summed E-state index contributed by atoms with van der Waals surface area (Å²) in [6.07, 6.45) is 1.52. The molecule has 0 unspecified atom stereocenters. The summed E-state index contributed by atoms with van der Waals surface area (Å²) in [5.41, 5.74) is 1.20. The minimum Gasteiger partial charge on any atom is -0.545 e. The minimum absolute atomic E-state index is 0. The summed E-state index contributed by atoms with van der Waals surface area (Å²) in [7, 11) is 0. The number of nitrogens with zero attached hydrogens (tertiary/aromatic N) is 1.